The summed E-state index contributed by atoms with van der Waals surface area (Å²) in [5, 5.41) is 3.02. The lowest BCUT2D eigenvalue weighted by molar-refractivity contribution is -0.123. The van der Waals surface area contributed by atoms with E-state index in [0.717, 1.165) is 30.6 Å². The zero-order valence-corrected chi connectivity index (χ0v) is 15.2. The molecule has 0 spiro atoms. The number of carbonyl (C=O) groups is 1. The van der Waals surface area contributed by atoms with Crippen LogP contribution in [0.25, 0.3) is 0 Å². The fourth-order valence-corrected chi connectivity index (χ4v) is 3.43. The average molecular weight is 337 g/mol. The van der Waals surface area contributed by atoms with Crippen LogP contribution >= 0.6 is 0 Å². The van der Waals surface area contributed by atoms with E-state index >= 15 is 0 Å². The Hall–Kier alpha value is -2.29. The summed E-state index contributed by atoms with van der Waals surface area (Å²) in [6.45, 7) is 4.21. The van der Waals surface area contributed by atoms with Crippen molar-refractivity contribution < 1.29 is 9.53 Å². The summed E-state index contributed by atoms with van der Waals surface area (Å²) < 4.78 is 5.83. The van der Waals surface area contributed by atoms with Crippen LogP contribution in [0.15, 0.2) is 42.5 Å². The highest BCUT2D eigenvalue weighted by molar-refractivity contribution is 5.78. The van der Waals surface area contributed by atoms with E-state index in [1.807, 2.05) is 19.1 Å². The number of fused-ring (bicyclic) bond motifs is 1. The molecule has 0 bridgehead atoms. The fraction of sp³-hybridized carbons (Fsp3) is 0.409. The molecule has 1 N–H and O–H groups in total. The Bertz CT molecular complexity index is 721. The molecule has 3 nitrogen and oxygen atoms in total. The van der Waals surface area contributed by atoms with Gasteiger partial charge in [-0.1, -0.05) is 43.3 Å². The third kappa shape index (κ3) is 4.41. The zero-order chi connectivity index (χ0) is 17.6. The summed E-state index contributed by atoms with van der Waals surface area (Å²) in [7, 11) is 0. The van der Waals surface area contributed by atoms with Crippen LogP contribution in [0, 0.1) is 0 Å². The quantitative estimate of drug-likeness (QED) is 0.849. The molecule has 1 atom stereocenters. The van der Waals surface area contributed by atoms with Gasteiger partial charge in [0.15, 0.2) is 6.61 Å². The second-order valence-electron chi connectivity index (χ2n) is 6.77. The van der Waals surface area contributed by atoms with Crippen LogP contribution in [0.5, 0.6) is 5.75 Å². The predicted octanol–water partition coefficient (Wildman–Crippen LogP) is 4.38. The van der Waals surface area contributed by atoms with Gasteiger partial charge in [-0.2, -0.15) is 0 Å². The molecule has 3 heteroatoms. The van der Waals surface area contributed by atoms with Gasteiger partial charge in [0, 0.05) is 0 Å². The van der Waals surface area contributed by atoms with E-state index < -0.39 is 0 Å². The van der Waals surface area contributed by atoms with Crippen LogP contribution in [-0.2, 0) is 24.1 Å². The average Bonchev–Trinajstić information content (AvgIpc) is 2.66. The minimum Gasteiger partial charge on any atom is -0.483 e. The van der Waals surface area contributed by atoms with Crippen LogP contribution in [0.1, 0.15) is 55.0 Å². The number of aryl methyl sites for hydroxylation is 2. The van der Waals surface area contributed by atoms with Crippen molar-refractivity contribution in [3.05, 3.63) is 64.7 Å². The van der Waals surface area contributed by atoms with Crippen molar-refractivity contribution >= 4 is 5.91 Å². The van der Waals surface area contributed by atoms with Gasteiger partial charge in [0.1, 0.15) is 5.75 Å². The van der Waals surface area contributed by atoms with Gasteiger partial charge in [-0.3, -0.25) is 4.79 Å². The molecule has 1 amide bonds. The van der Waals surface area contributed by atoms with E-state index in [1.54, 1.807) is 0 Å². The predicted molar refractivity (Wildman–Crippen MR) is 101 cm³/mol. The van der Waals surface area contributed by atoms with Gasteiger partial charge >= 0.3 is 0 Å². The van der Waals surface area contributed by atoms with Gasteiger partial charge < -0.3 is 10.1 Å². The van der Waals surface area contributed by atoms with Gasteiger partial charge in [-0.05, 0) is 67.3 Å². The first kappa shape index (κ1) is 17.5. The molecular weight excluding hydrogens is 310 g/mol. The summed E-state index contributed by atoms with van der Waals surface area (Å²) in [4.78, 5) is 12.3. The van der Waals surface area contributed by atoms with Gasteiger partial charge in [0.25, 0.3) is 5.91 Å². The Morgan fingerprint density at radius 1 is 1.12 bits per heavy atom. The third-order valence-electron chi connectivity index (χ3n) is 4.98. The lowest BCUT2D eigenvalue weighted by atomic mass is 9.91. The smallest absolute Gasteiger partial charge is 0.258 e. The van der Waals surface area contributed by atoms with Gasteiger partial charge in [-0.15, -0.1) is 0 Å². The van der Waals surface area contributed by atoms with Crippen LogP contribution in [0.2, 0.25) is 0 Å². The second-order valence-corrected chi connectivity index (χ2v) is 6.77. The molecule has 2 aromatic rings. The number of rotatable bonds is 6. The molecule has 0 saturated heterocycles. The first-order valence-corrected chi connectivity index (χ1v) is 9.29. The summed E-state index contributed by atoms with van der Waals surface area (Å²) in [5.74, 6) is 0.785. The van der Waals surface area contributed by atoms with Crippen molar-refractivity contribution in [1.29, 1.82) is 0 Å². The highest BCUT2D eigenvalue weighted by Gasteiger charge is 2.15. The van der Waals surface area contributed by atoms with Crippen LogP contribution in [-0.4, -0.2) is 12.5 Å². The molecule has 1 unspecified atom stereocenters. The maximum absolute atomic E-state index is 12.3. The van der Waals surface area contributed by atoms with Crippen molar-refractivity contribution in [2.45, 2.75) is 52.0 Å². The monoisotopic (exact) mass is 337 g/mol. The Balaban J connectivity index is 1.56. The number of hydrogen-bond donors (Lipinski definition) is 1. The Morgan fingerprint density at radius 3 is 2.64 bits per heavy atom. The van der Waals surface area contributed by atoms with Crippen molar-refractivity contribution in [3.63, 3.8) is 0 Å². The first-order chi connectivity index (χ1) is 12.2. The Morgan fingerprint density at radius 2 is 1.88 bits per heavy atom. The minimum atomic E-state index is -0.0829. The number of ether oxygens (including phenoxy) is 1. The minimum absolute atomic E-state index is 0.0216. The molecule has 0 aromatic heterocycles. The van der Waals surface area contributed by atoms with E-state index in [0.29, 0.717) is 0 Å². The summed E-state index contributed by atoms with van der Waals surface area (Å²) in [6.07, 6.45) is 5.63. The second kappa shape index (κ2) is 8.19. The van der Waals surface area contributed by atoms with Crippen molar-refractivity contribution in [2.75, 3.05) is 6.61 Å². The van der Waals surface area contributed by atoms with Gasteiger partial charge in [-0.25, -0.2) is 0 Å². The summed E-state index contributed by atoms with van der Waals surface area (Å²) in [6, 6.07) is 14.5. The van der Waals surface area contributed by atoms with E-state index in [2.05, 4.69) is 42.6 Å². The topological polar surface area (TPSA) is 38.3 Å². The molecule has 0 aliphatic heterocycles. The molecule has 3 rings (SSSR count). The van der Waals surface area contributed by atoms with Crippen LogP contribution < -0.4 is 10.1 Å². The highest BCUT2D eigenvalue weighted by atomic mass is 16.5. The molecule has 2 aromatic carbocycles. The number of amides is 1. The summed E-state index contributed by atoms with van der Waals surface area (Å²) in [5.41, 5.74) is 5.07. The number of hydrogen-bond acceptors (Lipinski definition) is 2. The lowest BCUT2D eigenvalue weighted by Crippen LogP contribution is -2.31. The van der Waals surface area contributed by atoms with Gasteiger partial charge in [0.2, 0.25) is 0 Å². The van der Waals surface area contributed by atoms with Crippen molar-refractivity contribution in [3.8, 4) is 5.75 Å². The van der Waals surface area contributed by atoms with Crippen LogP contribution in [0.4, 0.5) is 0 Å². The molecule has 1 aliphatic carbocycles. The largest absolute Gasteiger partial charge is 0.483 e. The van der Waals surface area contributed by atoms with E-state index in [9.17, 15) is 4.79 Å². The maximum atomic E-state index is 12.3. The zero-order valence-electron chi connectivity index (χ0n) is 15.2. The molecule has 0 heterocycles. The van der Waals surface area contributed by atoms with E-state index in [1.165, 1.54) is 29.5 Å². The van der Waals surface area contributed by atoms with Crippen molar-refractivity contribution in [1.82, 2.24) is 5.32 Å². The standard InChI is InChI=1S/C22H27NO2/c1-3-17-11-13-18(14-12-17)16(2)23-22(24)15-25-21-10-6-8-19-7-4-5-9-20(19)21/h6,8,10-14,16H,3-5,7,9,15H2,1-2H3,(H,23,24). The Kier molecular flexibility index (Phi) is 5.75. The lowest BCUT2D eigenvalue weighted by Gasteiger charge is -2.20. The fourth-order valence-electron chi connectivity index (χ4n) is 3.43. The van der Waals surface area contributed by atoms with E-state index in [4.69, 9.17) is 4.74 Å². The van der Waals surface area contributed by atoms with Gasteiger partial charge in [0.05, 0.1) is 6.04 Å². The maximum Gasteiger partial charge on any atom is 0.258 e. The SMILES string of the molecule is CCc1ccc(C(C)NC(=O)COc2cccc3c2CCCC3)cc1. The molecular formula is C22H27NO2. The number of nitrogens with one attached hydrogen (secondary N) is 1. The van der Waals surface area contributed by atoms with Crippen LogP contribution in [0.3, 0.4) is 0 Å². The summed E-state index contributed by atoms with van der Waals surface area (Å²) >= 11 is 0. The third-order valence-corrected chi connectivity index (χ3v) is 4.98. The molecule has 25 heavy (non-hydrogen) atoms. The number of benzene rings is 2. The molecule has 0 radical (unpaired) electrons. The van der Waals surface area contributed by atoms with E-state index in [-0.39, 0.29) is 18.6 Å². The number of carbonyl (C=O) groups excluding carboxylic acids is 1. The first-order valence-electron chi connectivity index (χ1n) is 9.29. The Labute approximate surface area is 150 Å². The molecule has 1 aliphatic rings. The highest BCUT2D eigenvalue weighted by Crippen LogP contribution is 2.29. The molecule has 132 valence electrons. The molecule has 0 fully saturated rings. The normalized spacial score (nSPS) is 14.5. The van der Waals surface area contributed by atoms with Crippen molar-refractivity contribution in [2.24, 2.45) is 0 Å². The molecule has 0 saturated carbocycles.